The molecular weight excluding hydrogens is 340 g/mol. The van der Waals surface area contributed by atoms with Crippen LogP contribution >= 0.6 is 0 Å². The molecule has 1 fully saturated rings. The van der Waals surface area contributed by atoms with Crippen LogP contribution in [0.3, 0.4) is 0 Å². The zero-order valence-corrected chi connectivity index (χ0v) is 15.1. The van der Waals surface area contributed by atoms with Gasteiger partial charge in [0.05, 0.1) is 5.52 Å². The average molecular weight is 362 g/mol. The number of hydrogen-bond donors (Lipinski definition) is 0. The summed E-state index contributed by atoms with van der Waals surface area (Å²) in [5, 5.41) is 0.938. The van der Waals surface area contributed by atoms with Crippen molar-refractivity contribution >= 4 is 22.7 Å². The number of esters is 1. The average Bonchev–Trinajstić information content (AvgIpc) is 3.25. The Morgan fingerprint density at radius 3 is 2.52 bits per heavy atom. The maximum Gasteiger partial charge on any atom is 0.342 e. The SMILES string of the molecule is O=C(OCCOc1ccccc1)c1cc2ccccc2nc1N1CCCC1. The van der Waals surface area contributed by atoms with E-state index >= 15 is 0 Å². The Morgan fingerprint density at radius 2 is 1.70 bits per heavy atom. The summed E-state index contributed by atoms with van der Waals surface area (Å²) in [6.45, 7) is 2.35. The van der Waals surface area contributed by atoms with Gasteiger partial charge >= 0.3 is 5.97 Å². The van der Waals surface area contributed by atoms with Crippen LogP contribution in [0.5, 0.6) is 5.75 Å². The van der Waals surface area contributed by atoms with Crippen LogP contribution in [0.4, 0.5) is 5.82 Å². The van der Waals surface area contributed by atoms with E-state index in [0.717, 1.165) is 48.4 Å². The molecule has 0 aliphatic carbocycles. The Labute approximate surface area is 158 Å². The van der Waals surface area contributed by atoms with Gasteiger partial charge < -0.3 is 14.4 Å². The van der Waals surface area contributed by atoms with E-state index in [-0.39, 0.29) is 12.6 Å². The lowest BCUT2D eigenvalue weighted by Gasteiger charge is -2.20. The zero-order valence-electron chi connectivity index (χ0n) is 15.1. The van der Waals surface area contributed by atoms with Crippen LogP contribution in [0.15, 0.2) is 60.7 Å². The molecule has 0 radical (unpaired) electrons. The quantitative estimate of drug-likeness (QED) is 0.489. The van der Waals surface area contributed by atoms with Gasteiger partial charge in [-0.25, -0.2) is 9.78 Å². The number of fused-ring (bicyclic) bond motifs is 1. The van der Waals surface area contributed by atoms with Crippen molar-refractivity contribution in [3.05, 3.63) is 66.2 Å². The smallest absolute Gasteiger partial charge is 0.342 e. The molecule has 2 aromatic carbocycles. The second-order valence-electron chi connectivity index (χ2n) is 6.54. The predicted octanol–water partition coefficient (Wildman–Crippen LogP) is 4.07. The monoisotopic (exact) mass is 362 g/mol. The van der Waals surface area contributed by atoms with Crippen LogP contribution in [-0.2, 0) is 4.74 Å². The van der Waals surface area contributed by atoms with Crippen molar-refractivity contribution in [1.29, 1.82) is 0 Å². The third-order valence-corrected chi connectivity index (χ3v) is 4.66. The van der Waals surface area contributed by atoms with E-state index in [1.165, 1.54) is 0 Å². The molecule has 0 unspecified atom stereocenters. The van der Waals surface area contributed by atoms with Crippen molar-refractivity contribution in [3.63, 3.8) is 0 Å². The first-order chi connectivity index (χ1) is 13.3. The molecule has 0 bridgehead atoms. The molecule has 0 amide bonds. The van der Waals surface area contributed by atoms with E-state index in [4.69, 9.17) is 14.5 Å². The van der Waals surface area contributed by atoms with Gasteiger partial charge in [0.15, 0.2) is 0 Å². The molecule has 0 N–H and O–H groups in total. The van der Waals surface area contributed by atoms with Crippen LogP contribution in [0.25, 0.3) is 10.9 Å². The molecule has 2 heterocycles. The first kappa shape index (κ1) is 17.3. The molecule has 3 aromatic rings. The molecule has 1 aliphatic heterocycles. The predicted molar refractivity (Wildman–Crippen MR) is 105 cm³/mol. The van der Waals surface area contributed by atoms with Crippen molar-refractivity contribution in [2.75, 3.05) is 31.2 Å². The first-order valence-electron chi connectivity index (χ1n) is 9.31. The van der Waals surface area contributed by atoms with Crippen molar-refractivity contribution in [2.45, 2.75) is 12.8 Å². The number of para-hydroxylation sites is 2. The van der Waals surface area contributed by atoms with Crippen molar-refractivity contribution in [3.8, 4) is 5.75 Å². The highest BCUT2D eigenvalue weighted by Gasteiger charge is 2.23. The molecule has 4 rings (SSSR count). The minimum absolute atomic E-state index is 0.194. The standard InChI is InChI=1S/C22H22N2O3/c25-22(27-15-14-26-18-9-2-1-3-10-18)19-16-17-8-4-5-11-20(17)23-21(19)24-12-6-7-13-24/h1-5,8-11,16H,6-7,12-15H2. The van der Waals surface area contributed by atoms with Gasteiger partial charge in [0.25, 0.3) is 0 Å². The van der Waals surface area contributed by atoms with Gasteiger partial charge in [-0.1, -0.05) is 36.4 Å². The highest BCUT2D eigenvalue weighted by atomic mass is 16.6. The van der Waals surface area contributed by atoms with Gasteiger partial charge in [0, 0.05) is 18.5 Å². The van der Waals surface area contributed by atoms with Crippen LogP contribution in [0, 0.1) is 0 Å². The molecule has 138 valence electrons. The first-order valence-corrected chi connectivity index (χ1v) is 9.31. The number of carbonyl (C=O) groups excluding carboxylic acids is 1. The Bertz CT molecular complexity index is 921. The van der Waals surface area contributed by atoms with E-state index in [1.54, 1.807) is 0 Å². The van der Waals surface area contributed by atoms with Crippen molar-refractivity contribution in [1.82, 2.24) is 4.98 Å². The highest BCUT2D eigenvalue weighted by Crippen LogP contribution is 2.27. The summed E-state index contributed by atoms with van der Waals surface area (Å²) in [7, 11) is 0. The molecule has 5 nitrogen and oxygen atoms in total. The van der Waals surface area contributed by atoms with Gasteiger partial charge in [-0.05, 0) is 37.1 Å². The largest absolute Gasteiger partial charge is 0.490 e. The zero-order chi connectivity index (χ0) is 18.5. The van der Waals surface area contributed by atoms with E-state index in [2.05, 4.69) is 4.90 Å². The minimum atomic E-state index is -0.355. The normalized spacial score (nSPS) is 13.7. The number of pyridine rings is 1. The topological polar surface area (TPSA) is 51.7 Å². The number of aromatic nitrogens is 1. The van der Waals surface area contributed by atoms with E-state index in [9.17, 15) is 4.79 Å². The van der Waals surface area contributed by atoms with Crippen LogP contribution in [-0.4, -0.2) is 37.3 Å². The third kappa shape index (κ3) is 4.03. The maximum absolute atomic E-state index is 12.7. The van der Waals surface area contributed by atoms with Crippen LogP contribution in [0.1, 0.15) is 23.2 Å². The number of hydrogen-bond acceptors (Lipinski definition) is 5. The summed E-state index contributed by atoms with van der Waals surface area (Å²) >= 11 is 0. The Morgan fingerprint density at radius 1 is 0.963 bits per heavy atom. The summed E-state index contributed by atoms with van der Waals surface area (Å²) in [6, 6.07) is 19.2. The summed E-state index contributed by atoms with van der Waals surface area (Å²) < 4.78 is 11.1. The molecule has 27 heavy (non-hydrogen) atoms. The van der Waals surface area contributed by atoms with Crippen molar-refractivity contribution in [2.24, 2.45) is 0 Å². The van der Waals surface area contributed by atoms with Crippen molar-refractivity contribution < 1.29 is 14.3 Å². The van der Waals surface area contributed by atoms with E-state index in [0.29, 0.717) is 12.2 Å². The number of anilines is 1. The summed E-state index contributed by atoms with van der Waals surface area (Å²) in [5.41, 5.74) is 1.42. The highest BCUT2D eigenvalue weighted by molar-refractivity contribution is 5.99. The molecule has 0 atom stereocenters. The Hall–Kier alpha value is -3.08. The number of ether oxygens (including phenoxy) is 2. The summed E-state index contributed by atoms with van der Waals surface area (Å²) in [5.74, 6) is 1.13. The Kier molecular flexibility index (Phi) is 5.19. The number of nitrogens with zero attached hydrogens (tertiary/aromatic N) is 2. The number of benzene rings is 2. The lowest BCUT2D eigenvalue weighted by molar-refractivity contribution is 0.0451. The van der Waals surface area contributed by atoms with Crippen LogP contribution < -0.4 is 9.64 Å². The fraction of sp³-hybridized carbons (Fsp3) is 0.273. The summed E-state index contributed by atoms with van der Waals surface area (Å²) in [4.78, 5) is 19.7. The number of carbonyl (C=O) groups is 1. The fourth-order valence-electron chi connectivity index (χ4n) is 3.31. The molecule has 5 heteroatoms. The van der Waals surface area contributed by atoms with E-state index < -0.39 is 0 Å². The molecular formula is C22H22N2O3. The van der Waals surface area contributed by atoms with Gasteiger partial charge in [-0.3, -0.25) is 0 Å². The van der Waals surface area contributed by atoms with Gasteiger partial charge in [0.2, 0.25) is 0 Å². The molecule has 0 spiro atoms. The van der Waals surface area contributed by atoms with Gasteiger partial charge in [-0.15, -0.1) is 0 Å². The lowest BCUT2D eigenvalue weighted by atomic mass is 10.1. The maximum atomic E-state index is 12.7. The van der Waals surface area contributed by atoms with Gasteiger partial charge in [-0.2, -0.15) is 0 Å². The molecule has 1 aliphatic rings. The molecule has 1 aromatic heterocycles. The third-order valence-electron chi connectivity index (χ3n) is 4.66. The molecule has 1 saturated heterocycles. The molecule has 0 saturated carbocycles. The van der Waals surface area contributed by atoms with Gasteiger partial charge in [0.1, 0.15) is 30.3 Å². The van der Waals surface area contributed by atoms with Crippen LogP contribution in [0.2, 0.25) is 0 Å². The second-order valence-corrected chi connectivity index (χ2v) is 6.54. The minimum Gasteiger partial charge on any atom is -0.490 e. The number of rotatable bonds is 6. The Balaban J connectivity index is 1.48. The lowest BCUT2D eigenvalue weighted by Crippen LogP contribution is -2.23. The van der Waals surface area contributed by atoms with E-state index in [1.807, 2.05) is 60.7 Å². The fourth-order valence-corrected chi connectivity index (χ4v) is 3.31. The summed E-state index contributed by atoms with van der Waals surface area (Å²) in [6.07, 6.45) is 2.24. The second kappa shape index (κ2) is 8.08.